The summed E-state index contributed by atoms with van der Waals surface area (Å²) in [5.74, 6) is 0.374. The van der Waals surface area contributed by atoms with Crippen molar-refractivity contribution in [3.8, 4) is 22.8 Å². The molecule has 0 aliphatic heterocycles. The monoisotopic (exact) mass is 395 g/mol. The molecule has 0 bridgehead atoms. The number of methoxy groups -OCH3 is 2. The number of rotatable bonds is 6. The Morgan fingerprint density at radius 3 is 2.10 bits per heavy atom. The van der Waals surface area contributed by atoms with Crippen molar-refractivity contribution in [2.24, 2.45) is 0 Å². The molecule has 0 unspecified atom stereocenters. The number of hydrogen-bond donors (Lipinski definition) is 0. The van der Waals surface area contributed by atoms with E-state index >= 15 is 0 Å². The topological polar surface area (TPSA) is 66.8 Å². The normalized spacial score (nSPS) is 11.0. The predicted molar refractivity (Wildman–Crippen MR) is 113 cm³/mol. The Balaban J connectivity index is 2.58. The molecule has 0 saturated heterocycles. The lowest BCUT2D eigenvalue weighted by atomic mass is 9.97. The van der Waals surface area contributed by atoms with Gasteiger partial charge in [0.25, 0.3) is 5.56 Å². The van der Waals surface area contributed by atoms with Crippen molar-refractivity contribution in [3.05, 3.63) is 58.4 Å². The summed E-state index contributed by atoms with van der Waals surface area (Å²) < 4.78 is 17.8. The maximum absolute atomic E-state index is 13.5. The first-order chi connectivity index (χ1) is 13.9. The third kappa shape index (κ3) is 3.58. The minimum absolute atomic E-state index is 0.177. The number of nitrogens with zero attached hydrogens (tertiary/aromatic N) is 1. The van der Waals surface area contributed by atoms with Gasteiger partial charge in [0, 0.05) is 11.4 Å². The highest BCUT2D eigenvalue weighted by Crippen LogP contribution is 2.37. The number of esters is 1. The molecule has 3 rings (SSSR count). The zero-order valence-electron chi connectivity index (χ0n) is 17.3. The number of aromatic nitrogens is 1. The Morgan fingerprint density at radius 2 is 1.59 bits per heavy atom. The van der Waals surface area contributed by atoms with Gasteiger partial charge in [-0.1, -0.05) is 30.3 Å². The van der Waals surface area contributed by atoms with Crippen LogP contribution in [-0.4, -0.2) is 31.4 Å². The van der Waals surface area contributed by atoms with Crippen LogP contribution in [0.2, 0.25) is 0 Å². The van der Waals surface area contributed by atoms with E-state index in [1.165, 1.54) is 14.2 Å². The van der Waals surface area contributed by atoms with Crippen molar-refractivity contribution in [2.45, 2.75) is 26.8 Å². The number of ether oxygens (including phenoxy) is 3. The number of carbonyl (C=O) groups excluding carboxylic acids is 1. The van der Waals surface area contributed by atoms with Gasteiger partial charge >= 0.3 is 5.97 Å². The molecule has 0 spiro atoms. The SMILES string of the molecule is CCOC(=O)c1c(-c2ccccc2)n(C(C)C)c(=O)c2cc(OC)c(OC)cc12. The summed E-state index contributed by atoms with van der Waals surface area (Å²) in [6, 6.07) is 12.5. The van der Waals surface area contributed by atoms with E-state index in [2.05, 4.69) is 0 Å². The molecule has 0 fully saturated rings. The first-order valence-corrected chi connectivity index (χ1v) is 9.51. The second-order valence-electron chi connectivity index (χ2n) is 6.83. The third-order valence-corrected chi connectivity index (χ3v) is 4.76. The van der Waals surface area contributed by atoms with Crippen molar-refractivity contribution in [3.63, 3.8) is 0 Å². The molecule has 0 saturated carbocycles. The molecule has 1 aromatic heterocycles. The van der Waals surface area contributed by atoms with Crippen LogP contribution in [0.4, 0.5) is 0 Å². The van der Waals surface area contributed by atoms with Gasteiger partial charge in [-0.2, -0.15) is 0 Å². The average molecular weight is 395 g/mol. The Hall–Kier alpha value is -3.28. The van der Waals surface area contributed by atoms with Gasteiger partial charge in [-0.25, -0.2) is 4.79 Å². The second kappa shape index (κ2) is 8.39. The third-order valence-electron chi connectivity index (χ3n) is 4.76. The predicted octanol–water partition coefficient (Wildman–Crippen LogP) is 4.44. The van der Waals surface area contributed by atoms with E-state index in [9.17, 15) is 9.59 Å². The van der Waals surface area contributed by atoms with E-state index in [4.69, 9.17) is 14.2 Å². The Bertz CT molecular complexity index is 1100. The van der Waals surface area contributed by atoms with Gasteiger partial charge in [0.1, 0.15) is 0 Å². The zero-order chi connectivity index (χ0) is 21.1. The van der Waals surface area contributed by atoms with Crippen LogP contribution in [0.5, 0.6) is 11.5 Å². The Morgan fingerprint density at radius 1 is 1.00 bits per heavy atom. The highest BCUT2D eigenvalue weighted by Gasteiger charge is 2.26. The molecule has 0 atom stereocenters. The van der Waals surface area contributed by atoms with E-state index in [1.54, 1.807) is 23.6 Å². The Kier molecular flexibility index (Phi) is 5.92. The number of pyridine rings is 1. The first kappa shape index (κ1) is 20.5. The Labute approximate surface area is 169 Å². The van der Waals surface area contributed by atoms with Gasteiger partial charge in [0.2, 0.25) is 0 Å². The van der Waals surface area contributed by atoms with Gasteiger partial charge in [0.05, 0.1) is 37.5 Å². The molecule has 1 heterocycles. The molecular formula is C23H25NO5. The quantitative estimate of drug-likeness (QED) is 0.577. The molecule has 0 amide bonds. The lowest BCUT2D eigenvalue weighted by Gasteiger charge is -2.22. The van der Waals surface area contributed by atoms with E-state index in [1.807, 2.05) is 44.2 Å². The van der Waals surface area contributed by atoms with Gasteiger partial charge in [-0.3, -0.25) is 4.79 Å². The van der Waals surface area contributed by atoms with Gasteiger partial charge in [-0.05, 0) is 38.5 Å². The summed E-state index contributed by atoms with van der Waals surface area (Å²) in [6.07, 6.45) is 0. The summed E-state index contributed by atoms with van der Waals surface area (Å²) >= 11 is 0. The van der Waals surface area contributed by atoms with E-state index in [-0.39, 0.29) is 18.2 Å². The fourth-order valence-corrected chi connectivity index (χ4v) is 3.52. The summed E-state index contributed by atoms with van der Waals surface area (Å²) in [6.45, 7) is 5.80. The van der Waals surface area contributed by atoms with Gasteiger partial charge < -0.3 is 18.8 Å². The lowest BCUT2D eigenvalue weighted by molar-refractivity contribution is 0.0528. The van der Waals surface area contributed by atoms with E-state index in [0.717, 1.165) is 5.56 Å². The molecule has 2 aromatic carbocycles. The standard InChI is InChI=1S/C23H25NO5/c1-6-29-23(26)20-16-12-18(27-4)19(28-5)13-17(16)22(25)24(14(2)3)21(20)15-10-8-7-9-11-15/h7-14H,6H2,1-5H3. The van der Waals surface area contributed by atoms with Crippen LogP contribution >= 0.6 is 0 Å². The van der Waals surface area contributed by atoms with Crippen LogP contribution in [0.1, 0.15) is 37.2 Å². The molecule has 6 heteroatoms. The van der Waals surface area contributed by atoms with Crippen molar-refractivity contribution in [1.82, 2.24) is 4.57 Å². The maximum Gasteiger partial charge on any atom is 0.340 e. The van der Waals surface area contributed by atoms with Crippen LogP contribution in [0.15, 0.2) is 47.3 Å². The molecule has 29 heavy (non-hydrogen) atoms. The minimum atomic E-state index is -0.488. The van der Waals surface area contributed by atoms with Crippen molar-refractivity contribution >= 4 is 16.7 Å². The molecule has 0 radical (unpaired) electrons. The van der Waals surface area contributed by atoms with Crippen molar-refractivity contribution in [2.75, 3.05) is 20.8 Å². The second-order valence-corrected chi connectivity index (χ2v) is 6.83. The van der Waals surface area contributed by atoms with Crippen LogP contribution < -0.4 is 15.0 Å². The molecule has 6 nitrogen and oxygen atoms in total. The fourth-order valence-electron chi connectivity index (χ4n) is 3.52. The largest absolute Gasteiger partial charge is 0.493 e. The highest BCUT2D eigenvalue weighted by atomic mass is 16.5. The first-order valence-electron chi connectivity index (χ1n) is 9.51. The van der Waals surface area contributed by atoms with Crippen molar-refractivity contribution < 1.29 is 19.0 Å². The summed E-state index contributed by atoms with van der Waals surface area (Å²) in [4.78, 5) is 26.6. The van der Waals surface area contributed by atoms with Crippen LogP contribution in [-0.2, 0) is 4.74 Å². The minimum Gasteiger partial charge on any atom is -0.493 e. The van der Waals surface area contributed by atoms with Crippen LogP contribution in [0.25, 0.3) is 22.0 Å². The summed E-state index contributed by atoms with van der Waals surface area (Å²) in [5, 5.41) is 0.848. The van der Waals surface area contributed by atoms with E-state index in [0.29, 0.717) is 33.5 Å². The fraction of sp³-hybridized carbons (Fsp3) is 0.304. The highest BCUT2D eigenvalue weighted by molar-refractivity contribution is 6.10. The number of benzene rings is 2. The molecule has 0 aliphatic carbocycles. The van der Waals surface area contributed by atoms with Crippen LogP contribution in [0.3, 0.4) is 0 Å². The molecular weight excluding hydrogens is 370 g/mol. The van der Waals surface area contributed by atoms with Crippen molar-refractivity contribution in [1.29, 1.82) is 0 Å². The number of fused-ring (bicyclic) bond motifs is 1. The smallest absolute Gasteiger partial charge is 0.340 e. The molecule has 152 valence electrons. The maximum atomic E-state index is 13.5. The molecule has 0 aliphatic rings. The van der Waals surface area contributed by atoms with Gasteiger partial charge in [0.15, 0.2) is 11.5 Å². The lowest BCUT2D eigenvalue weighted by Crippen LogP contribution is -2.27. The average Bonchev–Trinajstić information content (AvgIpc) is 2.73. The number of hydrogen-bond acceptors (Lipinski definition) is 5. The molecule has 3 aromatic rings. The van der Waals surface area contributed by atoms with Crippen LogP contribution in [0, 0.1) is 0 Å². The zero-order valence-corrected chi connectivity index (χ0v) is 17.3. The van der Waals surface area contributed by atoms with E-state index < -0.39 is 5.97 Å². The molecule has 0 N–H and O–H groups in total. The summed E-state index contributed by atoms with van der Waals surface area (Å²) in [5.41, 5.74) is 1.42. The summed E-state index contributed by atoms with van der Waals surface area (Å²) in [7, 11) is 3.02. The van der Waals surface area contributed by atoms with Gasteiger partial charge in [-0.15, -0.1) is 0 Å². The number of carbonyl (C=O) groups is 1.